The van der Waals surface area contributed by atoms with Crippen LogP contribution in [0.4, 0.5) is 10.5 Å². The Kier molecular flexibility index (Phi) is 10.2. The summed E-state index contributed by atoms with van der Waals surface area (Å²) >= 11 is 0. The summed E-state index contributed by atoms with van der Waals surface area (Å²) in [4.78, 5) is 30.1. The first kappa shape index (κ1) is 28.9. The molecular formula is C31H44N4O4. The number of benzene rings is 2. The third-order valence-corrected chi connectivity index (χ3v) is 7.90. The Morgan fingerprint density at radius 1 is 1.15 bits per heavy atom. The van der Waals surface area contributed by atoms with E-state index in [0.29, 0.717) is 24.5 Å². The van der Waals surface area contributed by atoms with Crippen molar-refractivity contribution in [3.63, 3.8) is 0 Å². The fourth-order valence-electron chi connectivity index (χ4n) is 5.59. The molecule has 1 aliphatic heterocycles. The van der Waals surface area contributed by atoms with E-state index in [0.717, 1.165) is 37.8 Å². The van der Waals surface area contributed by atoms with E-state index in [2.05, 4.69) is 41.6 Å². The maximum Gasteiger partial charge on any atom is 0.319 e. The molecule has 0 aromatic heterocycles. The first-order valence-electron chi connectivity index (χ1n) is 14.3. The molecule has 3 amide bonds. The molecule has 0 unspecified atom stereocenters. The summed E-state index contributed by atoms with van der Waals surface area (Å²) in [5.74, 6) is 0.631. The molecule has 3 N–H and O–H groups in total. The van der Waals surface area contributed by atoms with Crippen molar-refractivity contribution in [1.29, 1.82) is 0 Å². The van der Waals surface area contributed by atoms with Crippen molar-refractivity contribution in [2.75, 3.05) is 32.1 Å². The zero-order valence-corrected chi connectivity index (χ0v) is 23.6. The number of fused-ring (bicyclic) bond motifs is 1. The van der Waals surface area contributed by atoms with Gasteiger partial charge in [-0.05, 0) is 50.6 Å². The monoisotopic (exact) mass is 536 g/mol. The van der Waals surface area contributed by atoms with Gasteiger partial charge in [0.2, 0.25) is 5.91 Å². The molecule has 1 heterocycles. The fourth-order valence-corrected chi connectivity index (χ4v) is 5.59. The minimum atomic E-state index is -0.299. The largest absolute Gasteiger partial charge is 0.488 e. The van der Waals surface area contributed by atoms with Crippen molar-refractivity contribution in [1.82, 2.24) is 15.1 Å². The van der Waals surface area contributed by atoms with Crippen molar-refractivity contribution in [3.8, 4) is 5.75 Å². The molecule has 0 saturated heterocycles. The molecule has 0 spiro atoms. The summed E-state index contributed by atoms with van der Waals surface area (Å²) in [5.41, 5.74) is 2.59. The Bertz CT molecular complexity index is 1090. The molecule has 39 heavy (non-hydrogen) atoms. The topological polar surface area (TPSA) is 94.1 Å². The second kappa shape index (κ2) is 13.8. The average Bonchev–Trinajstić information content (AvgIpc) is 2.97. The van der Waals surface area contributed by atoms with Gasteiger partial charge in [-0.15, -0.1) is 0 Å². The van der Waals surface area contributed by atoms with Gasteiger partial charge in [0.25, 0.3) is 0 Å². The highest BCUT2D eigenvalue weighted by Crippen LogP contribution is 2.29. The van der Waals surface area contributed by atoms with Crippen LogP contribution in [0.3, 0.4) is 0 Å². The van der Waals surface area contributed by atoms with Crippen LogP contribution in [0.5, 0.6) is 5.75 Å². The van der Waals surface area contributed by atoms with E-state index in [9.17, 15) is 14.7 Å². The Labute approximate surface area is 232 Å². The summed E-state index contributed by atoms with van der Waals surface area (Å²) in [7, 11) is 2.08. The first-order chi connectivity index (χ1) is 18.8. The lowest BCUT2D eigenvalue weighted by atomic mass is 9.96. The number of rotatable bonds is 8. The summed E-state index contributed by atoms with van der Waals surface area (Å²) in [6.07, 6.45) is 5.50. The third kappa shape index (κ3) is 8.19. The lowest BCUT2D eigenvalue weighted by Gasteiger charge is -2.34. The molecule has 1 saturated carbocycles. The van der Waals surface area contributed by atoms with Crippen molar-refractivity contribution in [3.05, 3.63) is 59.7 Å². The number of ether oxygens (including phenoxy) is 1. The molecule has 4 rings (SSSR count). The predicted octanol–water partition coefficient (Wildman–Crippen LogP) is 4.42. The number of anilines is 1. The number of carbonyl (C=O) groups excluding carboxylic acids is 2. The van der Waals surface area contributed by atoms with Gasteiger partial charge in [-0.2, -0.15) is 0 Å². The molecule has 0 bridgehead atoms. The molecule has 212 valence electrons. The lowest BCUT2D eigenvalue weighted by molar-refractivity contribution is -0.134. The van der Waals surface area contributed by atoms with E-state index >= 15 is 0 Å². The molecule has 0 radical (unpaired) electrons. The van der Waals surface area contributed by atoms with Crippen molar-refractivity contribution in [2.24, 2.45) is 5.92 Å². The van der Waals surface area contributed by atoms with Crippen LogP contribution < -0.4 is 15.4 Å². The van der Waals surface area contributed by atoms with E-state index in [1.54, 1.807) is 4.90 Å². The van der Waals surface area contributed by atoms with E-state index < -0.39 is 0 Å². The molecule has 2 aromatic rings. The number of hydrogen-bond acceptors (Lipinski definition) is 5. The summed E-state index contributed by atoms with van der Waals surface area (Å²) in [6.45, 7) is 5.82. The van der Waals surface area contributed by atoms with Crippen LogP contribution >= 0.6 is 0 Å². The van der Waals surface area contributed by atoms with Crippen LogP contribution in [0.2, 0.25) is 0 Å². The highest BCUT2D eigenvalue weighted by molar-refractivity contribution is 5.90. The quantitative estimate of drug-likeness (QED) is 0.464. The highest BCUT2D eigenvalue weighted by atomic mass is 16.5. The number of carbonyl (C=O) groups is 2. The standard InChI is InChI=1S/C31H44N4O4/c1-22-18-35(23(2)21-36)30(37)17-25-16-27(33-31(38)32-26-12-8-5-9-13-26)14-15-28(25)39-29(22)20-34(3)19-24-10-6-4-7-11-24/h4,6-7,10-11,14-16,22-23,26,29,36H,5,8-9,12-13,17-21H2,1-3H3,(H2,32,33,38)/t22-,23+,29-/m1/s1. The Balaban J connectivity index is 1.53. The summed E-state index contributed by atoms with van der Waals surface area (Å²) in [6, 6.07) is 15.6. The number of nitrogens with one attached hydrogen (secondary N) is 2. The number of hydrogen-bond donors (Lipinski definition) is 3. The van der Waals surface area contributed by atoms with Gasteiger partial charge in [-0.3, -0.25) is 9.69 Å². The number of amides is 3. The summed E-state index contributed by atoms with van der Waals surface area (Å²) in [5, 5.41) is 15.9. The second-order valence-corrected chi connectivity index (χ2v) is 11.3. The molecule has 2 aliphatic rings. The highest BCUT2D eigenvalue weighted by Gasteiger charge is 2.31. The van der Waals surface area contributed by atoms with Crippen molar-refractivity contribution >= 4 is 17.6 Å². The van der Waals surface area contributed by atoms with Crippen molar-refractivity contribution in [2.45, 2.75) is 77.1 Å². The molecule has 8 nitrogen and oxygen atoms in total. The Morgan fingerprint density at radius 2 is 1.90 bits per heavy atom. The van der Waals surface area contributed by atoms with Gasteiger partial charge in [-0.1, -0.05) is 56.5 Å². The minimum absolute atomic E-state index is 0.0335. The molecule has 1 aliphatic carbocycles. The van der Waals surface area contributed by atoms with Crippen LogP contribution in [-0.2, 0) is 17.8 Å². The van der Waals surface area contributed by atoms with Crippen LogP contribution in [0.15, 0.2) is 48.5 Å². The van der Waals surface area contributed by atoms with E-state index in [1.165, 1.54) is 12.0 Å². The van der Waals surface area contributed by atoms with Crippen LogP contribution in [0.25, 0.3) is 0 Å². The number of likely N-dealkylation sites (N-methyl/N-ethyl adjacent to an activating group) is 1. The van der Waals surface area contributed by atoms with Crippen LogP contribution in [-0.4, -0.2) is 71.8 Å². The number of aliphatic hydroxyl groups excluding tert-OH is 1. The minimum Gasteiger partial charge on any atom is -0.488 e. The van der Waals surface area contributed by atoms with E-state index in [4.69, 9.17) is 4.74 Å². The van der Waals surface area contributed by atoms with Gasteiger partial charge < -0.3 is 25.4 Å². The average molecular weight is 537 g/mol. The lowest BCUT2D eigenvalue weighted by Crippen LogP contribution is -2.47. The van der Waals surface area contributed by atoms with Crippen molar-refractivity contribution < 1.29 is 19.4 Å². The first-order valence-corrected chi connectivity index (χ1v) is 14.3. The molecule has 3 atom stereocenters. The third-order valence-electron chi connectivity index (χ3n) is 7.90. The SMILES string of the molecule is C[C@@H]1CN([C@@H](C)CO)C(=O)Cc2cc(NC(=O)NC3CCCCC3)ccc2O[C@@H]1CN(C)Cc1ccccc1. The van der Waals surface area contributed by atoms with Gasteiger partial charge in [0.15, 0.2) is 0 Å². The second-order valence-electron chi connectivity index (χ2n) is 11.3. The maximum atomic E-state index is 13.4. The molecule has 8 heteroatoms. The van der Waals surface area contributed by atoms with Crippen LogP contribution in [0, 0.1) is 5.92 Å². The molecule has 2 aromatic carbocycles. The molecular weight excluding hydrogens is 492 g/mol. The number of aliphatic hydroxyl groups is 1. The number of nitrogens with zero attached hydrogens (tertiary/aromatic N) is 2. The Morgan fingerprint density at radius 3 is 2.62 bits per heavy atom. The smallest absolute Gasteiger partial charge is 0.319 e. The van der Waals surface area contributed by atoms with Gasteiger partial charge in [0.05, 0.1) is 19.1 Å². The fraction of sp³-hybridized carbons (Fsp3) is 0.548. The molecule has 1 fully saturated rings. The summed E-state index contributed by atoms with van der Waals surface area (Å²) < 4.78 is 6.62. The van der Waals surface area contributed by atoms with Gasteiger partial charge >= 0.3 is 6.03 Å². The van der Waals surface area contributed by atoms with Gasteiger partial charge in [-0.25, -0.2) is 4.79 Å². The predicted molar refractivity (Wildman–Crippen MR) is 154 cm³/mol. The van der Waals surface area contributed by atoms with Crippen LogP contribution in [0.1, 0.15) is 57.1 Å². The maximum absolute atomic E-state index is 13.4. The van der Waals surface area contributed by atoms with Gasteiger partial charge in [0.1, 0.15) is 11.9 Å². The van der Waals surface area contributed by atoms with E-state index in [-0.39, 0.29) is 49.1 Å². The zero-order valence-electron chi connectivity index (χ0n) is 23.6. The number of urea groups is 1. The van der Waals surface area contributed by atoms with E-state index in [1.807, 2.05) is 43.3 Å². The normalized spacial score (nSPS) is 21.3. The van der Waals surface area contributed by atoms with Gasteiger partial charge in [0, 0.05) is 42.8 Å². The zero-order chi connectivity index (χ0) is 27.8. The Hall–Kier alpha value is -3.10.